The molecule has 2 aliphatic rings. The Morgan fingerprint density at radius 1 is 1.24 bits per heavy atom. The molecular weight excluding hydrogens is 312 g/mol. The third-order valence-corrected chi connectivity index (χ3v) is 5.52. The molecule has 2 N–H and O–H groups in total. The quantitative estimate of drug-likeness (QED) is 0.649. The smallest absolute Gasteiger partial charge is 0.191 e. The molecule has 5 heteroatoms. The molecule has 1 saturated carbocycles. The summed E-state index contributed by atoms with van der Waals surface area (Å²) < 4.78 is 5.97. The standard InChI is InChI=1S/C20H28N4O/c1-14-17-5-3-4-6-18(17)25-19(14)12-23-20(21-2)22-11-15-9-10-24(13-15)16-7-8-16/h3-6,15-16H,7-13H2,1-2H3,(H2,21,22,23). The maximum Gasteiger partial charge on any atom is 0.191 e. The highest BCUT2D eigenvalue weighted by Crippen LogP contribution is 2.31. The molecule has 1 aliphatic carbocycles. The molecule has 1 aromatic carbocycles. The summed E-state index contributed by atoms with van der Waals surface area (Å²) >= 11 is 0. The molecule has 2 aromatic rings. The van der Waals surface area contributed by atoms with Crippen LogP contribution in [0.25, 0.3) is 11.0 Å². The lowest BCUT2D eigenvalue weighted by Gasteiger charge is -2.17. The van der Waals surface area contributed by atoms with E-state index in [1.54, 1.807) is 0 Å². The van der Waals surface area contributed by atoms with E-state index in [0.717, 1.165) is 35.8 Å². The first kappa shape index (κ1) is 16.5. The average Bonchev–Trinajstić information content (AvgIpc) is 3.30. The minimum absolute atomic E-state index is 0.652. The van der Waals surface area contributed by atoms with Gasteiger partial charge in [-0.25, -0.2) is 0 Å². The van der Waals surface area contributed by atoms with E-state index in [4.69, 9.17) is 4.42 Å². The van der Waals surface area contributed by atoms with E-state index < -0.39 is 0 Å². The van der Waals surface area contributed by atoms with Crippen LogP contribution in [0.15, 0.2) is 33.7 Å². The molecule has 1 unspecified atom stereocenters. The zero-order chi connectivity index (χ0) is 17.2. The molecule has 4 rings (SSSR count). The van der Waals surface area contributed by atoms with Crippen molar-refractivity contribution in [1.82, 2.24) is 15.5 Å². The van der Waals surface area contributed by atoms with Crippen LogP contribution < -0.4 is 10.6 Å². The number of hydrogen-bond donors (Lipinski definition) is 2. The summed E-state index contributed by atoms with van der Waals surface area (Å²) in [5.74, 6) is 2.56. The van der Waals surface area contributed by atoms with E-state index in [2.05, 4.69) is 39.6 Å². The third-order valence-electron chi connectivity index (χ3n) is 5.52. The maximum atomic E-state index is 5.97. The molecule has 2 heterocycles. The number of aryl methyl sites for hydroxylation is 1. The number of furan rings is 1. The highest BCUT2D eigenvalue weighted by Gasteiger charge is 2.34. The van der Waals surface area contributed by atoms with Gasteiger partial charge in [0.15, 0.2) is 5.96 Å². The van der Waals surface area contributed by atoms with Crippen LogP contribution in [0, 0.1) is 12.8 Å². The minimum Gasteiger partial charge on any atom is -0.459 e. The third kappa shape index (κ3) is 3.66. The van der Waals surface area contributed by atoms with Crippen molar-refractivity contribution in [3.8, 4) is 0 Å². The Bertz CT molecular complexity index is 762. The van der Waals surface area contributed by atoms with Crippen LogP contribution in [0.3, 0.4) is 0 Å². The van der Waals surface area contributed by atoms with Gasteiger partial charge >= 0.3 is 0 Å². The fourth-order valence-corrected chi connectivity index (χ4v) is 3.82. The Hall–Kier alpha value is -2.01. The summed E-state index contributed by atoms with van der Waals surface area (Å²) in [6, 6.07) is 9.07. The normalized spacial score (nSPS) is 21.8. The van der Waals surface area contributed by atoms with Gasteiger partial charge in [0.25, 0.3) is 0 Å². The number of guanidine groups is 1. The first-order chi connectivity index (χ1) is 12.2. The van der Waals surface area contributed by atoms with Crippen LogP contribution in [0.1, 0.15) is 30.6 Å². The second kappa shape index (κ2) is 7.08. The van der Waals surface area contributed by atoms with Crippen molar-refractivity contribution in [3.63, 3.8) is 0 Å². The van der Waals surface area contributed by atoms with E-state index in [0.29, 0.717) is 6.54 Å². The van der Waals surface area contributed by atoms with E-state index in [1.165, 1.54) is 43.3 Å². The molecule has 0 amide bonds. The molecule has 1 saturated heterocycles. The fraction of sp³-hybridized carbons (Fsp3) is 0.550. The van der Waals surface area contributed by atoms with Gasteiger partial charge in [-0.1, -0.05) is 18.2 Å². The number of fused-ring (bicyclic) bond motifs is 1. The predicted octanol–water partition coefficient (Wildman–Crippen LogP) is 2.89. The topological polar surface area (TPSA) is 52.8 Å². The Balaban J connectivity index is 1.29. The average molecular weight is 340 g/mol. The second-order valence-corrected chi connectivity index (χ2v) is 7.33. The minimum atomic E-state index is 0.652. The van der Waals surface area contributed by atoms with E-state index in [-0.39, 0.29) is 0 Å². The van der Waals surface area contributed by atoms with Crippen LogP contribution in [0.4, 0.5) is 0 Å². The van der Waals surface area contributed by atoms with E-state index >= 15 is 0 Å². The molecule has 1 atom stereocenters. The summed E-state index contributed by atoms with van der Waals surface area (Å²) in [6.07, 6.45) is 4.10. The zero-order valence-corrected chi connectivity index (χ0v) is 15.2. The van der Waals surface area contributed by atoms with E-state index in [1.807, 2.05) is 19.2 Å². The number of nitrogens with zero attached hydrogens (tertiary/aromatic N) is 2. The SMILES string of the molecule is CN=C(NCc1oc2ccccc2c1C)NCC1CCN(C2CC2)C1. The highest BCUT2D eigenvalue weighted by molar-refractivity contribution is 5.82. The number of nitrogens with one attached hydrogen (secondary N) is 2. The van der Waals surface area contributed by atoms with Gasteiger partial charge in [0, 0.05) is 37.1 Å². The van der Waals surface area contributed by atoms with Gasteiger partial charge in [0.05, 0.1) is 6.54 Å². The number of benzene rings is 1. The summed E-state index contributed by atoms with van der Waals surface area (Å²) in [7, 11) is 1.83. The van der Waals surface area contributed by atoms with Crippen LogP contribution in [0.5, 0.6) is 0 Å². The largest absolute Gasteiger partial charge is 0.459 e. The number of likely N-dealkylation sites (tertiary alicyclic amines) is 1. The number of aliphatic imine (C=N–C) groups is 1. The molecule has 0 spiro atoms. The molecule has 1 aromatic heterocycles. The van der Waals surface area contributed by atoms with Crippen LogP contribution in [-0.4, -0.2) is 43.6 Å². The van der Waals surface area contributed by atoms with Crippen LogP contribution in [-0.2, 0) is 6.54 Å². The first-order valence-corrected chi connectivity index (χ1v) is 9.40. The van der Waals surface area contributed by atoms with Crippen molar-refractivity contribution in [2.75, 3.05) is 26.7 Å². The fourth-order valence-electron chi connectivity index (χ4n) is 3.82. The van der Waals surface area contributed by atoms with E-state index in [9.17, 15) is 0 Å². The van der Waals surface area contributed by atoms with Gasteiger partial charge in [-0.3, -0.25) is 4.99 Å². The van der Waals surface area contributed by atoms with Gasteiger partial charge < -0.3 is 20.0 Å². The van der Waals surface area contributed by atoms with Crippen molar-refractivity contribution in [2.24, 2.45) is 10.9 Å². The van der Waals surface area contributed by atoms with Gasteiger partial charge in [-0.15, -0.1) is 0 Å². The monoisotopic (exact) mass is 340 g/mol. The molecule has 134 valence electrons. The molecule has 25 heavy (non-hydrogen) atoms. The summed E-state index contributed by atoms with van der Waals surface area (Å²) in [4.78, 5) is 7.01. The molecule has 1 aliphatic heterocycles. The lowest BCUT2D eigenvalue weighted by atomic mass is 10.1. The zero-order valence-electron chi connectivity index (χ0n) is 15.2. The van der Waals surface area contributed by atoms with Crippen molar-refractivity contribution >= 4 is 16.9 Å². The maximum absolute atomic E-state index is 5.97. The molecule has 5 nitrogen and oxygen atoms in total. The van der Waals surface area contributed by atoms with Gasteiger partial charge in [0.2, 0.25) is 0 Å². The Labute approximate surface area is 149 Å². The molecule has 0 bridgehead atoms. The summed E-state index contributed by atoms with van der Waals surface area (Å²) in [5, 5.41) is 8.06. The lowest BCUT2D eigenvalue weighted by Crippen LogP contribution is -2.40. The van der Waals surface area contributed by atoms with Crippen LogP contribution >= 0.6 is 0 Å². The first-order valence-electron chi connectivity index (χ1n) is 9.40. The van der Waals surface area contributed by atoms with Crippen molar-refractivity contribution < 1.29 is 4.42 Å². The van der Waals surface area contributed by atoms with Crippen molar-refractivity contribution in [1.29, 1.82) is 0 Å². The number of rotatable bonds is 5. The Kier molecular flexibility index (Phi) is 4.66. The molecule has 2 fully saturated rings. The van der Waals surface area contributed by atoms with Gasteiger partial charge in [-0.05, 0) is 44.7 Å². The predicted molar refractivity (Wildman–Crippen MR) is 102 cm³/mol. The molecule has 0 radical (unpaired) electrons. The second-order valence-electron chi connectivity index (χ2n) is 7.33. The number of para-hydroxylation sites is 1. The Morgan fingerprint density at radius 3 is 2.84 bits per heavy atom. The van der Waals surface area contributed by atoms with Crippen LogP contribution in [0.2, 0.25) is 0 Å². The van der Waals surface area contributed by atoms with Crippen molar-refractivity contribution in [3.05, 3.63) is 35.6 Å². The van der Waals surface area contributed by atoms with Gasteiger partial charge in [-0.2, -0.15) is 0 Å². The summed E-state index contributed by atoms with van der Waals surface area (Å²) in [6.45, 7) is 6.25. The van der Waals surface area contributed by atoms with Gasteiger partial charge in [0.1, 0.15) is 11.3 Å². The summed E-state index contributed by atoms with van der Waals surface area (Å²) in [5.41, 5.74) is 2.15. The lowest BCUT2D eigenvalue weighted by molar-refractivity contribution is 0.314. The Morgan fingerprint density at radius 2 is 2.08 bits per heavy atom. The highest BCUT2D eigenvalue weighted by atomic mass is 16.3. The molecular formula is C20H28N4O. The van der Waals surface area contributed by atoms with Crippen molar-refractivity contribution in [2.45, 2.75) is 38.8 Å². The number of hydrogen-bond acceptors (Lipinski definition) is 3.